The number of aryl methyl sites for hydroxylation is 2. The number of hydrogen-bond donors (Lipinski definition) is 1. The van der Waals surface area contributed by atoms with Crippen molar-refractivity contribution in [3.8, 4) is 5.82 Å². The molecule has 3 unspecified atom stereocenters. The number of piperidine rings is 1. The van der Waals surface area contributed by atoms with Gasteiger partial charge in [-0.3, -0.25) is 0 Å². The molecule has 1 aliphatic carbocycles. The summed E-state index contributed by atoms with van der Waals surface area (Å²) in [5.74, 6) is 3.04. The van der Waals surface area contributed by atoms with Crippen molar-refractivity contribution in [2.24, 2.45) is 5.92 Å². The molecule has 1 saturated carbocycles. The van der Waals surface area contributed by atoms with Gasteiger partial charge in [-0.2, -0.15) is 5.10 Å². The maximum atomic E-state index is 13.0. The van der Waals surface area contributed by atoms with Gasteiger partial charge >= 0.3 is 6.09 Å². The van der Waals surface area contributed by atoms with Crippen molar-refractivity contribution < 1.29 is 14.6 Å². The summed E-state index contributed by atoms with van der Waals surface area (Å²) in [6, 6.07) is 6.95. The average Bonchev–Trinajstić information content (AvgIpc) is 3.47. The second kappa shape index (κ2) is 9.96. The van der Waals surface area contributed by atoms with E-state index in [1.165, 1.54) is 11.1 Å². The van der Waals surface area contributed by atoms with Crippen LogP contribution in [0.2, 0.25) is 0 Å². The number of carbonyl (C=O) groups excluding carboxylic acids is 1. The van der Waals surface area contributed by atoms with Crippen molar-refractivity contribution in [3.63, 3.8) is 0 Å². The van der Waals surface area contributed by atoms with E-state index in [1.54, 1.807) is 0 Å². The lowest BCUT2D eigenvalue weighted by Crippen LogP contribution is -2.49. The first-order valence-corrected chi connectivity index (χ1v) is 15.1. The largest absolute Gasteiger partial charge is 0.444 e. The van der Waals surface area contributed by atoms with Crippen molar-refractivity contribution in [1.82, 2.24) is 24.6 Å². The molecule has 41 heavy (non-hydrogen) atoms. The van der Waals surface area contributed by atoms with Crippen LogP contribution in [0.1, 0.15) is 89.6 Å². The van der Waals surface area contributed by atoms with Gasteiger partial charge in [-0.05, 0) is 109 Å². The predicted octanol–water partition coefficient (Wildman–Crippen LogP) is 5.68. The normalized spacial score (nSPS) is 28.4. The van der Waals surface area contributed by atoms with E-state index in [4.69, 9.17) is 19.8 Å². The Hall–Kier alpha value is -3.20. The summed E-state index contributed by atoms with van der Waals surface area (Å²) >= 11 is 0. The standard InChI is InChI=1S/C32H44N6O3/c1-19-12-23-16-33-38(27(23)14-25(19)22-8-10-32(7,40)11-9-22)29-15-28(34-21(3)35-29)37-18-24-13-26(37)20(2)17-36(24)30(39)41-31(4,5)6/h12,14-16,20,22,24,26,40H,8-11,13,17-18H2,1-7H3/t20?,22-,24?,26?,32-. The summed E-state index contributed by atoms with van der Waals surface area (Å²) in [4.78, 5) is 27.0. The fraction of sp³-hybridized carbons (Fsp3) is 0.625. The first kappa shape index (κ1) is 27.9. The SMILES string of the molecule is Cc1nc(N2CC3CC2C(C)CN3C(=O)OC(C)(C)C)cc(-n2ncc3cc(C)c([C@H]4CC[C@](C)(O)CC4)cc32)n1. The summed E-state index contributed by atoms with van der Waals surface area (Å²) in [6.45, 7) is 15.4. The van der Waals surface area contributed by atoms with Crippen LogP contribution in [0.4, 0.5) is 10.6 Å². The number of likely N-dealkylation sites (tertiary alicyclic amines) is 1. The van der Waals surface area contributed by atoms with Crippen LogP contribution in [0.3, 0.4) is 0 Å². The van der Waals surface area contributed by atoms with Crippen LogP contribution in [0.25, 0.3) is 16.7 Å². The molecule has 2 aliphatic heterocycles. The molecule has 3 atom stereocenters. The molecule has 3 aromatic rings. The van der Waals surface area contributed by atoms with E-state index in [0.29, 0.717) is 24.3 Å². The number of amides is 1. The van der Waals surface area contributed by atoms with Crippen LogP contribution in [-0.2, 0) is 4.74 Å². The van der Waals surface area contributed by atoms with Gasteiger partial charge in [0.25, 0.3) is 0 Å². The lowest BCUT2D eigenvalue weighted by molar-refractivity contribution is 0.00936. The zero-order valence-electron chi connectivity index (χ0n) is 25.5. The Labute approximate surface area is 242 Å². The highest BCUT2D eigenvalue weighted by molar-refractivity contribution is 5.82. The van der Waals surface area contributed by atoms with Gasteiger partial charge in [-0.1, -0.05) is 6.92 Å². The highest BCUT2D eigenvalue weighted by atomic mass is 16.6. The summed E-state index contributed by atoms with van der Waals surface area (Å²) in [5, 5.41) is 16.3. The van der Waals surface area contributed by atoms with Gasteiger partial charge in [0.1, 0.15) is 17.2 Å². The molecule has 3 aliphatic rings. The molecular formula is C32H44N6O3. The Morgan fingerprint density at radius 3 is 2.49 bits per heavy atom. The van der Waals surface area contributed by atoms with Gasteiger partial charge in [0, 0.05) is 30.6 Å². The van der Waals surface area contributed by atoms with E-state index >= 15 is 0 Å². The second-order valence-corrected chi connectivity index (χ2v) is 13.9. The van der Waals surface area contributed by atoms with Crippen LogP contribution < -0.4 is 4.90 Å². The molecule has 1 aromatic carbocycles. The molecule has 6 rings (SSSR count). The Morgan fingerprint density at radius 2 is 1.78 bits per heavy atom. The number of ether oxygens (including phenoxy) is 1. The lowest BCUT2D eigenvalue weighted by atomic mass is 9.76. The van der Waals surface area contributed by atoms with Gasteiger partial charge < -0.3 is 19.6 Å². The summed E-state index contributed by atoms with van der Waals surface area (Å²) < 4.78 is 7.67. The number of fused-ring (bicyclic) bond motifs is 3. The third-order valence-electron chi connectivity index (χ3n) is 9.31. The van der Waals surface area contributed by atoms with Gasteiger partial charge in [-0.15, -0.1) is 0 Å². The maximum Gasteiger partial charge on any atom is 0.410 e. The molecular weight excluding hydrogens is 516 g/mol. The molecule has 3 fully saturated rings. The summed E-state index contributed by atoms with van der Waals surface area (Å²) in [5.41, 5.74) is 2.58. The summed E-state index contributed by atoms with van der Waals surface area (Å²) in [7, 11) is 0. The highest BCUT2D eigenvalue weighted by Crippen LogP contribution is 2.41. The molecule has 2 saturated heterocycles. The number of nitrogens with zero attached hydrogens (tertiary/aromatic N) is 6. The van der Waals surface area contributed by atoms with E-state index in [2.05, 4.69) is 30.9 Å². The minimum absolute atomic E-state index is 0.0945. The van der Waals surface area contributed by atoms with E-state index in [1.807, 2.05) is 56.5 Å². The van der Waals surface area contributed by atoms with Crippen molar-refractivity contribution in [1.29, 1.82) is 0 Å². The third-order valence-corrected chi connectivity index (χ3v) is 9.31. The van der Waals surface area contributed by atoms with Crippen LogP contribution in [-0.4, -0.2) is 72.2 Å². The number of benzene rings is 1. The first-order chi connectivity index (χ1) is 19.3. The first-order valence-electron chi connectivity index (χ1n) is 15.1. The Kier molecular flexibility index (Phi) is 6.79. The van der Waals surface area contributed by atoms with Crippen LogP contribution in [0.5, 0.6) is 0 Å². The zero-order valence-corrected chi connectivity index (χ0v) is 25.5. The maximum absolute atomic E-state index is 13.0. The number of rotatable bonds is 3. The number of anilines is 1. The van der Waals surface area contributed by atoms with Crippen molar-refractivity contribution in [2.45, 2.75) is 110 Å². The Morgan fingerprint density at radius 1 is 1.07 bits per heavy atom. The molecule has 9 heteroatoms. The minimum atomic E-state index is -0.555. The Bertz CT molecular complexity index is 1460. The fourth-order valence-corrected chi connectivity index (χ4v) is 7.17. The van der Waals surface area contributed by atoms with Crippen molar-refractivity contribution in [3.05, 3.63) is 41.3 Å². The van der Waals surface area contributed by atoms with Gasteiger partial charge in [-0.25, -0.2) is 19.4 Å². The Balaban J connectivity index is 1.30. The van der Waals surface area contributed by atoms with E-state index in [9.17, 15) is 9.90 Å². The van der Waals surface area contributed by atoms with E-state index < -0.39 is 11.2 Å². The molecule has 2 bridgehead atoms. The molecule has 0 radical (unpaired) electrons. The van der Waals surface area contributed by atoms with Crippen LogP contribution in [0, 0.1) is 19.8 Å². The average molecular weight is 561 g/mol. The fourth-order valence-electron chi connectivity index (χ4n) is 7.17. The van der Waals surface area contributed by atoms with Gasteiger partial charge in [0.15, 0.2) is 5.82 Å². The minimum Gasteiger partial charge on any atom is -0.444 e. The molecule has 4 heterocycles. The third kappa shape index (κ3) is 5.41. The number of hydrogen-bond acceptors (Lipinski definition) is 7. The topological polar surface area (TPSA) is 96.6 Å². The van der Waals surface area contributed by atoms with Crippen molar-refractivity contribution in [2.75, 3.05) is 18.0 Å². The number of aliphatic hydroxyl groups is 1. The van der Waals surface area contributed by atoms with Gasteiger partial charge in [0.05, 0.1) is 23.4 Å². The second-order valence-electron chi connectivity index (χ2n) is 13.9. The highest BCUT2D eigenvalue weighted by Gasteiger charge is 2.46. The van der Waals surface area contributed by atoms with Crippen LogP contribution >= 0.6 is 0 Å². The lowest BCUT2D eigenvalue weighted by Gasteiger charge is -2.37. The van der Waals surface area contributed by atoms with Crippen molar-refractivity contribution >= 4 is 22.8 Å². The van der Waals surface area contributed by atoms with E-state index in [0.717, 1.165) is 61.2 Å². The van der Waals surface area contributed by atoms with Gasteiger partial charge in [0.2, 0.25) is 0 Å². The smallest absolute Gasteiger partial charge is 0.410 e. The molecule has 2 aromatic heterocycles. The number of carbonyl (C=O) groups is 1. The predicted molar refractivity (Wildman–Crippen MR) is 160 cm³/mol. The number of aromatic nitrogens is 4. The molecule has 0 spiro atoms. The summed E-state index contributed by atoms with van der Waals surface area (Å²) in [6.07, 6.45) is 6.21. The van der Waals surface area contributed by atoms with E-state index in [-0.39, 0.29) is 18.1 Å². The molecule has 9 nitrogen and oxygen atoms in total. The van der Waals surface area contributed by atoms with Crippen LogP contribution in [0.15, 0.2) is 24.4 Å². The molecule has 1 amide bonds. The monoisotopic (exact) mass is 560 g/mol. The zero-order chi connectivity index (χ0) is 29.3. The molecule has 1 N–H and O–H groups in total. The molecule has 220 valence electrons. The quantitative estimate of drug-likeness (QED) is 0.441.